The van der Waals surface area contributed by atoms with Gasteiger partial charge in [-0.15, -0.1) is 0 Å². The Morgan fingerprint density at radius 3 is 1.22 bits per heavy atom. The minimum atomic E-state index is -5.39. The summed E-state index contributed by atoms with van der Waals surface area (Å²) in [4.78, 5) is 0. The molecule has 0 amide bonds. The van der Waals surface area contributed by atoms with Gasteiger partial charge in [-0.05, 0) is 11.6 Å². The van der Waals surface area contributed by atoms with E-state index in [-0.39, 0.29) is 0 Å². The van der Waals surface area contributed by atoms with Crippen LogP contribution in [0.2, 0.25) is 0 Å². The molecule has 0 aromatic heterocycles. The van der Waals surface area contributed by atoms with Crippen molar-refractivity contribution in [2.24, 2.45) is 0 Å². The Balaban J connectivity index is 5.33. The minimum Gasteiger partial charge on any atom is -0.261 e. The summed E-state index contributed by atoms with van der Waals surface area (Å²) in [5.41, 5.74) is 0. The lowest BCUT2D eigenvalue weighted by atomic mass is 10.4. The summed E-state index contributed by atoms with van der Waals surface area (Å²) in [5.74, 6) is 0. The first-order valence-electron chi connectivity index (χ1n) is 3.43. The monoisotopic (exact) mass is 416 g/mol. The van der Waals surface area contributed by atoms with Gasteiger partial charge < -0.3 is 0 Å². The first-order valence-corrected chi connectivity index (χ1v) is 6.07. The van der Waals surface area contributed by atoms with Crippen LogP contribution in [0.25, 0.3) is 0 Å². The summed E-state index contributed by atoms with van der Waals surface area (Å²) in [5, 5.41) is -9.16. The van der Waals surface area contributed by atoms with Crippen LogP contribution in [-0.4, -0.2) is 24.9 Å². The fourth-order valence-electron chi connectivity index (χ4n) is 0.448. The molecule has 0 aromatic rings. The van der Waals surface area contributed by atoms with Gasteiger partial charge in [-0.25, -0.2) is 4.39 Å². The average Bonchev–Trinajstić information content (AvgIpc) is 1.96. The molecule has 2 unspecified atom stereocenters. The van der Waals surface area contributed by atoms with Crippen LogP contribution in [0.5, 0.6) is 0 Å². The predicted octanol–water partition coefficient (Wildman–Crippen LogP) is 5.83. The van der Waals surface area contributed by atoms with Crippen LogP contribution < -0.4 is 0 Å². The van der Waals surface area contributed by atoms with Crippen molar-refractivity contribution in [1.82, 2.24) is 0 Å². The SMILES string of the molecule is FC(Cl)(Cl)C(F)(Cl)OC(F)(F)C(F)(Cl)C(Cl)(Cl)Cl. The van der Waals surface area contributed by atoms with Gasteiger partial charge in [0.1, 0.15) is 0 Å². The van der Waals surface area contributed by atoms with E-state index in [1.807, 2.05) is 0 Å². The molecular weight excluding hydrogens is 419 g/mol. The van der Waals surface area contributed by atoms with Crippen molar-refractivity contribution in [3.63, 3.8) is 0 Å². The third kappa shape index (κ3) is 4.07. The van der Waals surface area contributed by atoms with Crippen molar-refractivity contribution in [3.8, 4) is 0 Å². The van der Waals surface area contributed by atoms with Crippen LogP contribution in [0.3, 0.4) is 0 Å². The first-order chi connectivity index (χ1) is 7.46. The molecule has 2 atom stereocenters. The fraction of sp³-hybridized carbons (Fsp3) is 1.00. The standard InChI is InChI=1S/C5Cl7F5O/c6-1(13,2(7,8)9)5(16,17)18-4(12,15)3(10,11)14. The summed E-state index contributed by atoms with van der Waals surface area (Å²) in [7, 11) is 0. The molecule has 1 nitrogen and oxygen atoms in total. The van der Waals surface area contributed by atoms with Crippen molar-refractivity contribution in [3.05, 3.63) is 0 Å². The van der Waals surface area contributed by atoms with Crippen LogP contribution in [0, 0.1) is 0 Å². The highest BCUT2D eigenvalue weighted by molar-refractivity contribution is 6.70. The number of alkyl halides is 12. The first kappa shape index (κ1) is 19.6. The van der Waals surface area contributed by atoms with Crippen LogP contribution in [0.15, 0.2) is 0 Å². The lowest BCUT2D eigenvalue weighted by Gasteiger charge is -2.36. The van der Waals surface area contributed by atoms with Crippen LogP contribution >= 0.6 is 81.2 Å². The fourth-order valence-corrected chi connectivity index (χ4v) is 0.991. The van der Waals surface area contributed by atoms with Gasteiger partial charge in [-0.2, -0.15) is 17.6 Å². The Labute approximate surface area is 132 Å². The van der Waals surface area contributed by atoms with E-state index in [4.69, 9.17) is 34.8 Å². The highest BCUT2D eigenvalue weighted by Crippen LogP contribution is 2.56. The quantitative estimate of drug-likeness (QED) is 0.412. The molecule has 0 radical (unpaired) electrons. The van der Waals surface area contributed by atoms with E-state index in [2.05, 4.69) is 51.1 Å². The summed E-state index contributed by atoms with van der Waals surface area (Å²) in [6, 6.07) is 0. The molecule has 0 spiro atoms. The highest BCUT2D eigenvalue weighted by atomic mass is 35.6. The van der Waals surface area contributed by atoms with Crippen molar-refractivity contribution in [1.29, 1.82) is 0 Å². The lowest BCUT2D eigenvalue weighted by Crippen LogP contribution is -2.55. The summed E-state index contributed by atoms with van der Waals surface area (Å²) >= 11 is 32.4. The van der Waals surface area contributed by atoms with E-state index in [9.17, 15) is 22.0 Å². The zero-order valence-corrected chi connectivity index (χ0v) is 12.7. The molecule has 0 saturated heterocycles. The zero-order chi connectivity index (χ0) is 15.2. The number of hydrogen-bond acceptors (Lipinski definition) is 1. The Morgan fingerprint density at radius 1 is 0.667 bits per heavy atom. The van der Waals surface area contributed by atoms with Gasteiger partial charge in [0.15, 0.2) is 0 Å². The van der Waals surface area contributed by atoms with Gasteiger partial charge in [0, 0.05) is 0 Å². The number of rotatable bonds is 4. The second kappa shape index (κ2) is 5.44. The van der Waals surface area contributed by atoms with Gasteiger partial charge in [-0.1, -0.05) is 69.6 Å². The number of halogens is 12. The van der Waals surface area contributed by atoms with Crippen molar-refractivity contribution in [2.45, 2.75) is 24.9 Å². The van der Waals surface area contributed by atoms with Gasteiger partial charge >= 0.3 is 21.1 Å². The largest absolute Gasteiger partial charge is 0.411 e. The van der Waals surface area contributed by atoms with Gasteiger partial charge in [0.2, 0.25) is 3.79 Å². The topological polar surface area (TPSA) is 9.23 Å². The molecule has 0 N–H and O–H groups in total. The number of ether oxygens (including phenoxy) is 1. The van der Waals surface area contributed by atoms with Gasteiger partial charge in [0.25, 0.3) is 0 Å². The highest BCUT2D eigenvalue weighted by Gasteiger charge is 2.71. The Hall–Kier alpha value is 1.64. The Morgan fingerprint density at radius 2 is 1.00 bits per heavy atom. The molecule has 0 aromatic carbocycles. The molecule has 0 saturated carbocycles. The van der Waals surface area contributed by atoms with E-state index >= 15 is 0 Å². The molecule has 0 bridgehead atoms. The van der Waals surface area contributed by atoms with E-state index in [1.54, 1.807) is 0 Å². The van der Waals surface area contributed by atoms with E-state index in [1.165, 1.54) is 0 Å². The summed E-state index contributed by atoms with van der Waals surface area (Å²) < 4.78 is 60.7. The Kier molecular flexibility index (Phi) is 5.94. The maximum Gasteiger partial charge on any atom is 0.411 e. The average molecular weight is 419 g/mol. The second-order valence-electron chi connectivity index (χ2n) is 2.71. The smallest absolute Gasteiger partial charge is 0.261 e. The molecule has 0 aliphatic heterocycles. The second-order valence-corrected chi connectivity index (χ2v) is 7.23. The molecular formula is C5Cl7F5O. The molecule has 13 heteroatoms. The van der Waals surface area contributed by atoms with Gasteiger partial charge in [0.05, 0.1) is 0 Å². The van der Waals surface area contributed by atoms with Crippen LogP contribution in [0.4, 0.5) is 22.0 Å². The van der Waals surface area contributed by atoms with Crippen molar-refractivity contribution in [2.75, 3.05) is 0 Å². The molecule has 0 fully saturated rings. The van der Waals surface area contributed by atoms with Crippen molar-refractivity contribution < 1.29 is 26.7 Å². The minimum absolute atomic E-state index is 2.95. The van der Waals surface area contributed by atoms with Crippen molar-refractivity contribution >= 4 is 81.2 Å². The summed E-state index contributed by atoms with van der Waals surface area (Å²) in [6.45, 7) is 0. The molecule has 0 aliphatic carbocycles. The molecule has 18 heavy (non-hydrogen) atoms. The molecule has 0 aliphatic rings. The van der Waals surface area contributed by atoms with Crippen LogP contribution in [-0.2, 0) is 4.74 Å². The van der Waals surface area contributed by atoms with Gasteiger partial charge in [-0.3, -0.25) is 4.74 Å². The van der Waals surface area contributed by atoms with Crippen LogP contribution in [0.1, 0.15) is 0 Å². The maximum atomic E-state index is 13.4. The normalized spacial score (nSPS) is 21.3. The molecule has 0 rings (SSSR count). The lowest BCUT2D eigenvalue weighted by molar-refractivity contribution is -0.346. The predicted molar refractivity (Wildman–Crippen MR) is 61.3 cm³/mol. The van der Waals surface area contributed by atoms with E-state index in [0.29, 0.717) is 0 Å². The Bertz CT molecular complexity index is 308. The number of hydrogen-bond donors (Lipinski definition) is 0. The summed E-state index contributed by atoms with van der Waals surface area (Å²) in [6.07, 6.45) is -5.39. The maximum absolute atomic E-state index is 13.4. The van der Waals surface area contributed by atoms with E-state index < -0.39 is 24.9 Å². The third-order valence-electron chi connectivity index (χ3n) is 1.31. The molecule has 110 valence electrons. The zero-order valence-electron chi connectivity index (χ0n) is 7.44. The third-order valence-corrected chi connectivity index (χ3v) is 3.90. The van der Waals surface area contributed by atoms with E-state index in [0.717, 1.165) is 0 Å². The molecule has 0 heterocycles.